The van der Waals surface area contributed by atoms with Crippen LogP contribution in [0, 0.1) is 5.92 Å². The molecule has 43 heavy (non-hydrogen) atoms. The number of nitrogens with zero attached hydrogens (tertiary/aromatic N) is 1. The molecule has 5 rings (SSSR count). The van der Waals surface area contributed by atoms with Crippen LogP contribution in [0.1, 0.15) is 43.0 Å². The van der Waals surface area contributed by atoms with Gasteiger partial charge in [0, 0.05) is 22.8 Å². The summed E-state index contributed by atoms with van der Waals surface area (Å²) in [6.07, 6.45) is -2.33. The molecule has 2 aromatic carbocycles. The maximum atomic E-state index is 13.8. The van der Waals surface area contributed by atoms with E-state index >= 15 is 0 Å². The molecule has 5 atom stereocenters. The SMILES string of the molecule is CC1(C)SCN(C(=O)[C@@H](O)C[C@H](Cc2ccccc2)C(=O)N[C@H]2c3ccccc3OC[C@H]2O)[C@@H]1C(=O)NCc1ccsc1. The predicted molar refractivity (Wildman–Crippen MR) is 166 cm³/mol. The van der Waals surface area contributed by atoms with Gasteiger partial charge in [-0.1, -0.05) is 48.5 Å². The van der Waals surface area contributed by atoms with Gasteiger partial charge < -0.3 is 30.5 Å². The zero-order valence-electron chi connectivity index (χ0n) is 24.1. The molecule has 2 aliphatic rings. The first-order valence-electron chi connectivity index (χ1n) is 14.3. The molecule has 0 bridgehead atoms. The third-order valence-electron chi connectivity index (χ3n) is 7.96. The molecule has 3 amide bonds. The van der Waals surface area contributed by atoms with Crippen molar-refractivity contribution in [3.63, 3.8) is 0 Å². The van der Waals surface area contributed by atoms with Gasteiger partial charge in [0.05, 0.1) is 11.9 Å². The number of carbonyl (C=O) groups is 3. The Balaban J connectivity index is 1.32. The number of thiophene rings is 1. The fraction of sp³-hybridized carbons (Fsp3) is 0.406. The summed E-state index contributed by atoms with van der Waals surface area (Å²) in [4.78, 5) is 42.2. The van der Waals surface area contributed by atoms with Gasteiger partial charge in [0.25, 0.3) is 5.91 Å². The molecule has 3 heterocycles. The molecule has 0 radical (unpaired) electrons. The third kappa shape index (κ3) is 7.23. The first kappa shape index (κ1) is 31.1. The zero-order chi connectivity index (χ0) is 30.6. The van der Waals surface area contributed by atoms with Crippen LogP contribution in [0.4, 0.5) is 0 Å². The molecule has 0 aliphatic carbocycles. The lowest BCUT2D eigenvalue weighted by atomic mass is 9.90. The summed E-state index contributed by atoms with van der Waals surface area (Å²) >= 11 is 3.02. The first-order chi connectivity index (χ1) is 20.6. The standard InChI is InChI=1S/C32H37N3O6S2/c1-32(2)28(30(39)33-16-21-12-13-42-18-21)35(19-43-32)31(40)24(36)15-22(14-20-8-4-3-5-9-20)29(38)34-27-23-10-6-7-11-26(23)41-17-25(27)37/h3-13,18,22,24-25,27-28,36-37H,14-17,19H2,1-2H3,(H,33,39)(H,34,38)/t22-,24-,25+,27-,28+/m0/s1. The summed E-state index contributed by atoms with van der Waals surface area (Å²) < 4.78 is 5.05. The lowest BCUT2D eigenvalue weighted by Crippen LogP contribution is -2.55. The Bertz CT molecular complexity index is 1420. The Kier molecular flexibility index (Phi) is 9.75. The van der Waals surface area contributed by atoms with Gasteiger partial charge >= 0.3 is 0 Å². The van der Waals surface area contributed by atoms with E-state index in [9.17, 15) is 24.6 Å². The Morgan fingerprint density at radius 2 is 1.81 bits per heavy atom. The quantitative estimate of drug-likeness (QED) is 0.273. The fourth-order valence-electron chi connectivity index (χ4n) is 5.63. The molecule has 1 saturated heterocycles. The van der Waals surface area contributed by atoms with Crippen LogP contribution in [0.5, 0.6) is 5.75 Å². The van der Waals surface area contributed by atoms with Gasteiger partial charge in [0.1, 0.15) is 30.6 Å². The van der Waals surface area contributed by atoms with Gasteiger partial charge in [-0.25, -0.2) is 0 Å². The summed E-state index contributed by atoms with van der Waals surface area (Å²) in [5, 5.41) is 31.7. The number of thioether (sulfide) groups is 1. The molecular weight excluding hydrogens is 587 g/mol. The van der Waals surface area contributed by atoms with E-state index in [1.165, 1.54) is 16.7 Å². The van der Waals surface area contributed by atoms with Crippen molar-refractivity contribution in [2.24, 2.45) is 5.92 Å². The van der Waals surface area contributed by atoms with E-state index in [-0.39, 0.29) is 31.2 Å². The number of fused-ring (bicyclic) bond motifs is 1. The van der Waals surface area contributed by atoms with Gasteiger partial charge in [-0.2, -0.15) is 11.3 Å². The fourth-order valence-corrected chi connectivity index (χ4v) is 7.44. The van der Waals surface area contributed by atoms with E-state index in [0.717, 1.165) is 11.1 Å². The van der Waals surface area contributed by atoms with Crippen molar-refractivity contribution < 1.29 is 29.3 Å². The molecule has 0 spiro atoms. The normalized spacial score (nSPS) is 22.1. The summed E-state index contributed by atoms with van der Waals surface area (Å²) in [6.45, 7) is 4.21. The maximum absolute atomic E-state index is 13.8. The summed E-state index contributed by atoms with van der Waals surface area (Å²) in [7, 11) is 0. The molecular formula is C32H37N3O6S2. The van der Waals surface area contributed by atoms with Crippen LogP contribution >= 0.6 is 23.1 Å². The number of hydrogen-bond donors (Lipinski definition) is 4. The van der Waals surface area contributed by atoms with Crippen LogP contribution < -0.4 is 15.4 Å². The van der Waals surface area contributed by atoms with Crippen LogP contribution in [-0.2, 0) is 27.3 Å². The van der Waals surface area contributed by atoms with Crippen molar-refractivity contribution in [2.45, 2.75) is 62.3 Å². The van der Waals surface area contributed by atoms with Crippen molar-refractivity contribution in [2.75, 3.05) is 12.5 Å². The smallest absolute Gasteiger partial charge is 0.252 e. The molecule has 228 valence electrons. The highest BCUT2D eigenvalue weighted by molar-refractivity contribution is 8.00. The number of aliphatic hydroxyl groups is 2. The number of ether oxygens (including phenoxy) is 1. The number of carbonyl (C=O) groups excluding carboxylic acids is 3. The van der Waals surface area contributed by atoms with Gasteiger partial charge in [-0.05, 0) is 60.7 Å². The minimum atomic E-state index is -1.51. The van der Waals surface area contributed by atoms with Crippen LogP contribution in [0.3, 0.4) is 0 Å². The molecule has 0 unspecified atom stereocenters. The number of benzene rings is 2. The second-order valence-corrected chi connectivity index (χ2v) is 13.9. The van der Waals surface area contributed by atoms with Gasteiger partial charge in [-0.3, -0.25) is 14.4 Å². The van der Waals surface area contributed by atoms with E-state index < -0.39 is 46.8 Å². The van der Waals surface area contributed by atoms with Crippen LogP contribution in [0.2, 0.25) is 0 Å². The summed E-state index contributed by atoms with van der Waals surface area (Å²) in [5.74, 6) is -1.20. The number of hydrogen-bond acceptors (Lipinski definition) is 8. The average molecular weight is 624 g/mol. The molecule has 1 fully saturated rings. The highest BCUT2D eigenvalue weighted by Crippen LogP contribution is 2.40. The Morgan fingerprint density at radius 3 is 2.56 bits per heavy atom. The van der Waals surface area contributed by atoms with Crippen molar-refractivity contribution in [3.05, 3.63) is 88.1 Å². The number of rotatable bonds is 10. The molecule has 11 heteroatoms. The maximum Gasteiger partial charge on any atom is 0.252 e. The van der Waals surface area contributed by atoms with E-state index in [0.29, 0.717) is 17.9 Å². The Hall–Kier alpha value is -3.38. The molecule has 2 aliphatic heterocycles. The van der Waals surface area contributed by atoms with Crippen LogP contribution in [0.25, 0.3) is 0 Å². The highest BCUT2D eigenvalue weighted by Gasteiger charge is 2.49. The number of para-hydroxylation sites is 1. The minimum Gasteiger partial charge on any atom is -0.490 e. The number of aliphatic hydroxyl groups excluding tert-OH is 2. The van der Waals surface area contributed by atoms with Crippen molar-refractivity contribution in [1.29, 1.82) is 0 Å². The van der Waals surface area contributed by atoms with Gasteiger partial charge in [-0.15, -0.1) is 11.8 Å². The van der Waals surface area contributed by atoms with Gasteiger partial charge in [0.2, 0.25) is 11.8 Å². The molecule has 4 N–H and O–H groups in total. The lowest BCUT2D eigenvalue weighted by Gasteiger charge is -2.33. The van der Waals surface area contributed by atoms with E-state index in [1.807, 2.05) is 73.1 Å². The topological polar surface area (TPSA) is 128 Å². The Labute approximate surface area is 259 Å². The van der Waals surface area contributed by atoms with E-state index in [2.05, 4.69) is 10.6 Å². The first-order valence-corrected chi connectivity index (χ1v) is 16.2. The highest BCUT2D eigenvalue weighted by atomic mass is 32.2. The van der Waals surface area contributed by atoms with Crippen molar-refractivity contribution >= 4 is 40.8 Å². The Morgan fingerprint density at radius 1 is 1.07 bits per heavy atom. The van der Waals surface area contributed by atoms with Crippen LogP contribution in [-0.4, -0.2) is 68.3 Å². The monoisotopic (exact) mass is 623 g/mol. The summed E-state index contributed by atoms with van der Waals surface area (Å²) in [6, 6.07) is 17.1. The number of amides is 3. The number of nitrogens with one attached hydrogen (secondary N) is 2. The molecule has 1 aromatic heterocycles. The molecule has 3 aromatic rings. The molecule has 9 nitrogen and oxygen atoms in total. The second kappa shape index (κ2) is 13.5. The summed E-state index contributed by atoms with van der Waals surface area (Å²) in [5.41, 5.74) is 2.52. The van der Waals surface area contributed by atoms with E-state index in [4.69, 9.17) is 4.74 Å². The average Bonchev–Trinajstić information content (AvgIpc) is 3.64. The van der Waals surface area contributed by atoms with Crippen LogP contribution in [0.15, 0.2) is 71.4 Å². The van der Waals surface area contributed by atoms with Crippen molar-refractivity contribution in [1.82, 2.24) is 15.5 Å². The zero-order valence-corrected chi connectivity index (χ0v) is 25.8. The molecule has 0 saturated carbocycles. The van der Waals surface area contributed by atoms with Crippen molar-refractivity contribution in [3.8, 4) is 5.75 Å². The predicted octanol–water partition coefficient (Wildman–Crippen LogP) is 3.27. The minimum absolute atomic E-state index is 0.0324. The second-order valence-electron chi connectivity index (χ2n) is 11.5. The third-order valence-corrected chi connectivity index (χ3v) is 10.1. The lowest BCUT2D eigenvalue weighted by molar-refractivity contribution is -0.147. The van der Waals surface area contributed by atoms with E-state index in [1.54, 1.807) is 23.5 Å². The van der Waals surface area contributed by atoms with Gasteiger partial charge in [0.15, 0.2) is 0 Å². The largest absolute Gasteiger partial charge is 0.490 e.